The average Bonchev–Trinajstić information content (AvgIpc) is 2.26. The summed E-state index contributed by atoms with van der Waals surface area (Å²) in [7, 11) is 0. The summed E-state index contributed by atoms with van der Waals surface area (Å²) in [5.41, 5.74) is -0.428. The lowest BCUT2D eigenvalue weighted by molar-refractivity contribution is -0.145. The summed E-state index contributed by atoms with van der Waals surface area (Å²) in [5.74, 6) is -0.146. The van der Waals surface area contributed by atoms with Crippen LogP contribution in [0.15, 0.2) is 0 Å². The highest BCUT2D eigenvalue weighted by Crippen LogP contribution is 2.12. The first-order valence-corrected chi connectivity index (χ1v) is 6.97. The molecule has 0 aliphatic heterocycles. The lowest BCUT2D eigenvalue weighted by atomic mass is 10.1. The predicted molar refractivity (Wildman–Crippen MR) is 68.6 cm³/mol. The van der Waals surface area contributed by atoms with Gasteiger partial charge in [0.05, 0.1) is 0 Å². The van der Waals surface area contributed by atoms with E-state index in [0.29, 0.717) is 6.42 Å². The van der Waals surface area contributed by atoms with Crippen molar-refractivity contribution in [1.29, 1.82) is 0 Å². The summed E-state index contributed by atoms with van der Waals surface area (Å²) in [4.78, 5) is 11.3. The van der Waals surface area contributed by atoms with Crippen LogP contribution in [-0.2, 0) is 9.53 Å². The lowest BCUT2D eigenvalue weighted by Gasteiger charge is -2.10. The van der Waals surface area contributed by atoms with Crippen LogP contribution in [0.25, 0.3) is 0 Å². The summed E-state index contributed by atoms with van der Waals surface area (Å²) < 4.78 is 5.09. The van der Waals surface area contributed by atoms with Crippen molar-refractivity contribution in [2.24, 2.45) is 0 Å². The summed E-state index contributed by atoms with van der Waals surface area (Å²) in [6.07, 6.45) is 9.11. The molecule has 16 heavy (non-hydrogen) atoms. The third-order valence-corrected chi connectivity index (χ3v) is 2.84. The van der Waals surface area contributed by atoms with Crippen LogP contribution >= 0.6 is 11.6 Å². The first kappa shape index (κ1) is 15.8. The molecule has 0 spiro atoms. The van der Waals surface area contributed by atoms with Gasteiger partial charge in [-0.25, -0.2) is 0 Å². The Balaban J connectivity index is 3.36. The van der Waals surface area contributed by atoms with Crippen molar-refractivity contribution < 1.29 is 9.53 Å². The SMILES string of the molecule is CCCCCCCC(=O)OC(Cl)CCCC. The average molecular weight is 249 g/mol. The summed E-state index contributed by atoms with van der Waals surface area (Å²) in [6.45, 7) is 4.28. The molecule has 0 aromatic rings. The molecular formula is C13H25ClO2. The normalized spacial score (nSPS) is 12.4. The van der Waals surface area contributed by atoms with Gasteiger partial charge in [0.1, 0.15) is 0 Å². The van der Waals surface area contributed by atoms with E-state index in [9.17, 15) is 4.79 Å². The van der Waals surface area contributed by atoms with Gasteiger partial charge in [-0.15, -0.1) is 0 Å². The van der Waals surface area contributed by atoms with Crippen LogP contribution in [0.2, 0.25) is 0 Å². The molecule has 1 unspecified atom stereocenters. The lowest BCUT2D eigenvalue weighted by Crippen LogP contribution is -2.12. The monoisotopic (exact) mass is 248 g/mol. The fourth-order valence-corrected chi connectivity index (χ4v) is 1.75. The van der Waals surface area contributed by atoms with Gasteiger partial charge < -0.3 is 4.74 Å². The standard InChI is InChI=1S/C13H25ClO2/c1-3-5-7-8-9-11-13(15)16-12(14)10-6-4-2/h12H,3-11H2,1-2H3. The minimum absolute atomic E-state index is 0.146. The van der Waals surface area contributed by atoms with Crippen molar-refractivity contribution in [3.05, 3.63) is 0 Å². The molecular weight excluding hydrogens is 224 g/mol. The number of carbonyl (C=O) groups is 1. The van der Waals surface area contributed by atoms with Crippen molar-refractivity contribution >= 4 is 17.6 Å². The molecule has 0 saturated carbocycles. The molecule has 0 amide bonds. The van der Waals surface area contributed by atoms with E-state index in [1.54, 1.807) is 0 Å². The Hall–Kier alpha value is -0.240. The van der Waals surface area contributed by atoms with Gasteiger partial charge in [-0.3, -0.25) is 4.79 Å². The fourth-order valence-electron chi connectivity index (χ4n) is 1.50. The molecule has 0 fully saturated rings. The number of alkyl halides is 1. The number of halogens is 1. The molecule has 0 N–H and O–H groups in total. The van der Waals surface area contributed by atoms with Gasteiger partial charge in [-0.2, -0.15) is 0 Å². The topological polar surface area (TPSA) is 26.3 Å². The Morgan fingerprint density at radius 3 is 2.31 bits per heavy atom. The Bertz CT molecular complexity index is 171. The third kappa shape index (κ3) is 10.3. The molecule has 0 aromatic heterocycles. The number of rotatable bonds is 10. The van der Waals surface area contributed by atoms with E-state index in [0.717, 1.165) is 32.1 Å². The number of hydrogen-bond donors (Lipinski definition) is 0. The van der Waals surface area contributed by atoms with E-state index in [2.05, 4.69) is 13.8 Å². The number of unbranched alkanes of at least 4 members (excludes halogenated alkanes) is 5. The predicted octanol–water partition coefficient (Wildman–Crippen LogP) is 4.65. The van der Waals surface area contributed by atoms with Crippen LogP contribution < -0.4 is 0 Å². The van der Waals surface area contributed by atoms with E-state index in [4.69, 9.17) is 16.3 Å². The van der Waals surface area contributed by atoms with Gasteiger partial charge in [-0.05, 0) is 19.3 Å². The molecule has 0 saturated heterocycles. The zero-order valence-electron chi connectivity index (χ0n) is 10.6. The van der Waals surface area contributed by atoms with Crippen LogP contribution in [0.5, 0.6) is 0 Å². The van der Waals surface area contributed by atoms with Crippen LogP contribution in [0.4, 0.5) is 0 Å². The molecule has 0 heterocycles. The molecule has 1 atom stereocenters. The summed E-state index contributed by atoms with van der Waals surface area (Å²) in [6, 6.07) is 0. The van der Waals surface area contributed by atoms with E-state index in [-0.39, 0.29) is 5.97 Å². The Morgan fingerprint density at radius 2 is 1.69 bits per heavy atom. The second kappa shape index (κ2) is 11.3. The molecule has 0 radical (unpaired) electrons. The van der Waals surface area contributed by atoms with Gasteiger partial charge >= 0.3 is 5.97 Å². The zero-order chi connectivity index (χ0) is 12.2. The first-order valence-electron chi connectivity index (χ1n) is 6.54. The van der Waals surface area contributed by atoms with E-state index >= 15 is 0 Å². The van der Waals surface area contributed by atoms with Crippen LogP contribution in [0.1, 0.15) is 71.6 Å². The first-order chi connectivity index (χ1) is 7.70. The molecule has 0 aromatic carbocycles. The number of carbonyl (C=O) groups excluding carboxylic acids is 1. The Kier molecular flexibility index (Phi) is 11.1. The second-order valence-corrected chi connectivity index (χ2v) is 4.69. The third-order valence-electron chi connectivity index (χ3n) is 2.53. The quantitative estimate of drug-likeness (QED) is 0.320. The van der Waals surface area contributed by atoms with Crippen molar-refractivity contribution in [2.75, 3.05) is 0 Å². The summed E-state index contributed by atoms with van der Waals surface area (Å²) >= 11 is 5.87. The Morgan fingerprint density at radius 1 is 1.06 bits per heavy atom. The van der Waals surface area contributed by atoms with Gasteiger partial charge in [0, 0.05) is 6.42 Å². The van der Waals surface area contributed by atoms with Crippen molar-refractivity contribution in [1.82, 2.24) is 0 Å². The zero-order valence-corrected chi connectivity index (χ0v) is 11.4. The minimum atomic E-state index is -0.428. The maximum atomic E-state index is 11.3. The van der Waals surface area contributed by atoms with Crippen molar-refractivity contribution in [3.8, 4) is 0 Å². The molecule has 0 aliphatic carbocycles. The molecule has 96 valence electrons. The maximum Gasteiger partial charge on any atom is 0.307 e. The molecule has 0 aliphatic rings. The number of hydrogen-bond acceptors (Lipinski definition) is 2. The van der Waals surface area contributed by atoms with Crippen molar-refractivity contribution in [3.63, 3.8) is 0 Å². The van der Waals surface area contributed by atoms with Crippen LogP contribution in [0.3, 0.4) is 0 Å². The number of ether oxygens (including phenoxy) is 1. The summed E-state index contributed by atoms with van der Waals surface area (Å²) in [5, 5.41) is 0. The molecule has 0 bridgehead atoms. The van der Waals surface area contributed by atoms with Crippen molar-refractivity contribution in [2.45, 2.75) is 77.2 Å². The van der Waals surface area contributed by atoms with Crippen LogP contribution in [0, 0.1) is 0 Å². The smallest absolute Gasteiger partial charge is 0.307 e. The van der Waals surface area contributed by atoms with Gasteiger partial charge in [0.15, 0.2) is 5.56 Å². The second-order valence-electron chi connectivity index (χ2n) is 4.21. The van der Waals surface area contributed by atoms with Gasteiger partial charge in [0.25, 0.3) is 0 Å². The highest BCUT2D eigenvalue weighted by Gasteiger charge is 2.10. The van der Waals surface area contributed by atoms with E-state index in [1.165, 1.54) is 19.3 Å². The van der Waals surface area contributed by atoms with E-state index < -0.39 is 5.56 Å². The van der Waals surface area contributed by atoms with E-state index in [1.807, 2.05) is 0 Å². The molecule has 0 rings (SSSR count). The minimum Gasteiger partial charge on any atom is -0.446 e. The highest BCUT2D eigenvalue weighted by molar-refractivity contribution is 6.20. The Labute approximate surface area is 105 Å². The van der Waals surface area contributed by atoms with Gasteiger partial charge in [0.2, 0.25) is 0 Å². The largest absolute Gasteiger partial charge is 0.446 e. The van der Waals surface area contributed by atoms with Crippen LogP contribution in [-0.4, -0.2) is 11.5 Å². The molecule has 2 nitrogen and oxygen atoms in total. The molecule has 3 heteroatoms. The highest BCUT2D eigenvalue weighted by atomic mass is 35.5. The van der Waals surface area contributed by atoms with Gasteiger partial charge in [-0.1, -0.05) is 57.6 Å². The maximum absolute atomic E-state index is 11.3. The number of esters is 1. The fraction of sp³-hybridized carbons (Fsp3) is 0.923.